The van der Waals surface area contributed by atoms with Crippen LogP contribution in [0.1, 0.15) is 58.6 Å². The van der Waals surface area contributed by atoms with E-state index in [1.807, 2.05) is 13.8 Å². The Morgan fingerprint density at radius 1 is 1.19 bits per heavy atom. The van der Waals surface area contributed by atoms with Crippen molar-refractivity contribution in [3.05, 3.63) is 84.5 Å². The predicted molar refractivity (Wildman–Crippen MR) is 140 cm³/mol. The molecule has 1 unspecified atom stereocenters. The Morgan fingerprint density at radius 3 is 2.34 bits per heavy atom. The second-order valence-corrected chi connectivity index (χ2v) is 8.89. The molecule has 0 aliphatic carbocycles. The van der Waals surface area contributed by atoms with Crippen LogP contribution in [0, 0.1) is 0 Å². The number of ether oxygens (including phenoxy) is 1. The molecule has 0 aromatic heterocycles. The fourth-order valence-electron chi connectivity index (χ4n) is 4.65. The number of rotatable bonds is 5. The number of fused-ring (bicyclic) bond motifs is 3. The van der Waals surface area contributed by atoms with Crippen molar-refractivity contribution in [1.29, 1.82) is 0 Å². The molecule has 2 aliphatic heterocycles. The minimum atomic E-state index is 0.175. The van der Waals surface area contributed by atoms with Crippen LogP contribution in [0.3, 0.4) is 0 Å². The van der Waals surface area contributed by atoms with Crippen LogP contribution < -0.4 is 9.64 Å². The topological polar surface area (TPSA) is 15.7 Å². The Labute approximate surface area is 196 Å². The minimum absolute atomic E-state index is 0.175. The van der Waals surface area contributed by atoms with Gasteiger partial charge in [0.25, 0.3) is 0 Å². The van der Waals surface area contributed by atoms with Crippen molar-refractivity contribution in [2.75, 3.05) is 25.1 Å². The first-order chi connectivity index (χ1) is 15.4. The lowest BCUT2D eigenvalue weighted by Gasteiger charge is -2.36. The van der Waals surface area contributed by atoms with Crippen LogP contribution in [0.15, 0.2) is 73.3 Å². The monoisotopic (exact) mass is 434 g/mol. The molecule has 0 amide bonds. The van der Waals surface area contributed by atoms with E-state index in [-0.39, 0.29) is 5.41 Å². The van der Waals surface area contributed by atoms with Crippen LogP contribution in [0.2, 0.25) is 0 Å². The predicted octanol–water partition coefficient (Wildman–Crippen LogP) is 7.19. The van der Waals surface area contributed by atoms with Gasteiger partial charge in [0.05, 0.1) is 13.3 Å². The molecule has 3 nitrogen and oxygen atoms in total. The number of anilines is 1. The van der Waals surface area contributed by atoms with Gasteiger partial charge in [-0.15, -0.1) is 13.2 Å². The van der Waals surface area contributed by atoms with Crippen molar-refractivity contribution >= 4 is 5.69 Å². The molecule has 0 radical (unpaired) electrons. The summed E-state index contributed by atoms with van der Waals surface area (Å²) in [5.74, 6) is 0.966. The molecule has 0 spiro atoms. The summed E-state index contributed by atoms with van der Waals surface area (Å²) in [5, 5.41) is 0. The van der Waals surface area contributed by atoms with E-state index in [2.05, 4.69) is 92.3 Å². The highest BCUT2D eigenvalue weighted by molar-refractivity contribution is 5.66. The van der Waals surface area contributed by atoms with E-state index in [0.29, 0.717) is 6.17 Å². The van der Waals surface area contributed by atoms with Gasteiger partial charge in [0.1, 0.15) is 5.75 Å². The van der Waals surface area contributed by atoms with Gasteiger partial charge in [0.15, 0.2) is 0 Å². The number of likely N-dealkylation sites (tertiary alicyclic amines) is 1. The largest absolute Gasteiger partial charge is 0.497 e. The van der Waals surface area contributed by atoms with Crippen molar-refractivity contribution in [2.24, 2.45) is 0 Å². The van der Waals surface area contributed by atoms with E-state index >= 15 is 0 Å². The Kier molecular flexibility index (Phi) is 9.59. The van der Waals surface area contributed by atoms with Crippen molar-refractivity contribution in [1.82, 2.24) is 4.90 Å². The van der Waals surface area contributed by atoms with E-state index in [1.54, 1.807) is 13.2 Å². The van der Waals surface area contributed by atoms with E-state index < -0.39 is 0 Å². The van der Waals surface area contributed by atoms with Crippen molar-refractivity contribution in [3.63, 3.8) is 0 Å². The van der Waals surface area contributed by atoms with Crippen LogP contribution in [-0.2, 0) is 12.0 Å². The Hall–Kier alpha value is -2.52. The van der Waals surface area contributed by atoms with Crippen LogP contribution in [0.5, 0.6) is 5.75 Å². The normalized spacial score (nSPS) is 20.8. The Morgan fingerprint density at radius 2 is 1.81 bits per heavy atom. The smallest absolute Gasteiger partial charge is 0.119 e. The molecule has 0 saturated carbocycles. The summed E-state index contributed by atoms with van der Waals surface area (Å²) < 4.78 is 5.49. The summed E-state index contributed by atoms with van der Waals surface area (Å²) in [7, 11) is 1.75. The zero-order valence-corrected chi connectivity index (χ0v) is 21.0. The van der Waals surface area contributed by atoms with Gasteiger partial charge in [0, 0.05) is 30.7 Å². The molecule has 1 fully saturated rings. The lowest BCUT2D eigenvalue weighted by atomic mass is 9.81. The summed E-state index contributed by atoms with van der Waals surface area (Å²) in [6, 6.07) is 17.4. The average Bonchev–Trinajstić information content (AvgIpc) is 3.25. The summed E-state index contributed by atoms with van der Waals surface area (Å²) >= 11 is 0. The molecule has 3 heteroatoms. The fraction of sp³-hybridized carbons (Fsp3) is 0.448. The average molecular weight is 435 g/mol. The maximum Gasteiger partial charge on any atom is 0.119 e. The zero-order valence-electron chi connectivity index (χ0n) is 21.0. The van der Waals surface area contributed by atoms with Gasteiger partial charge < -0.3 is 9.64 Å². The van der Waals surface area contributed by atoms with Crippen LogP contribution >= 0.6 is 0 Å². The van der Waals surface area contributed by atoms with Gasteiger partial charge in [-0.25, -0.2) is 0 Å². The van der Waals surface area contributed by atoms with Gasteiger partial charge in [-0.3, -0.25) is 4.90 Å². The number of allylic oxidation sites excluding steroid dienone is 2. The molecule has 2 aromatic rings. The number of methoxy groups -OCH3 is 1. The molecule has 2 atom stereocenters. The minimum Gasteiger partial charge on any atom is -0.497 e. The van der Waals surface area contributed by atoms with Crippen LogP contribution in [-0.4, -0.2) is 31.3 Å². The Bertz CT molecular complexity index is 876. The van der Waals surface area contributed by atoms with Gasteiger partial charge >= 0.3 is 0 Å². The second kappa shape index (κ2) is 11.9. The molecule has 2 heterocycles. The summed E-state index contributed by atoms with van der Waals surface area (Å²) in [4.78, 5) is 5.22. The standard InChI is InChI=1S/C21H26N2O.C5H10.C3H6/c1-4-23-19-11-10-17(24-3)14-18(19)21(2)12-13-22(20(21)23)15-16-8-6-5-7-9-16;1-4-5(2)3;1-3-2/h5-11,14,20H,4,12-13,15H2,1-3H3;2,4H2,1,3H3;3H,1H2,2H3/t20?,21-;;/m1../s1. The first kappa shape index (κ1) is 25.7. The van der Waals surface area contributed by atoms with E-state index in [9.17, 15) is 0 Å². The fourth-order valence-corrected chi connectivity index (χ4v) is 4.65. The lowest BCUT2D eigenvalue weighted by Crippen LogP contribution is -2.48. The van der Waals surface area contributed by atoms with Crippen LogP contribution in [0.25, 0.3) is 0 Å². The lowest BCUT2D eigenvalue weighted by molar-refractivity contribution is 0.211. The van der Waals surface area contributed by atoms with E-state index in [4.69, 9.17) is 4.74 Å². The molecular weight excluding hydrogens is 392 g/mol. The maximum atomic E-state index is 5.49. The summed E-state index contributed by atoms with van der Waals surface area (Å²) in [6.45, 7) is 20.9. The molecule has 2 aromatic carbocycles. The molecule has 0 N–H and O–H groups in total. The van der Waals surface area contributed by atoms with Crippen molar-refractivity contribution in [3.8, 4) is 5.75 Å². The molecule has 2 aliphatic rings. The number of nitrogens with zero attached hydrogens (tertiary/aromatic N) is 2. The van der Waals surface area contributed by atoms with Gasteiger partial charge in [0.2, 0.25) is 0 Å². The molecule has 174 valence electrons. The van der Waals surface area contributed by atoms with E-state index in [1.165, 1.54) is 28.8 Å². The number of hydrogen-bond acceptors (Lipinski definition) is 3. The van der Waals surface area contributed by atoms with Gasteiger partial charge in [-0.05, 0) is 62.9 Å². The summed E-state index contributed by atoms with van der Waals surface area (Å²) in [5.41, 5.74) is 5.65. The first-order valence-electron chi connectivity index (χ1n) is 11.8. The number of benzene rings is 2. The molecule has 32 heavy (non-hydrogen) atoms. The molecule has 0 bridgehead atoms. The Balaban J connectivity index is 0.000000395. The quantitative estimate of drug-likeness (QED) is 0.463. The highest BCUT2D eigenvalue weighted by Crippen LogP contribution is 2.53. The molecule has 4 rings (SSSR count). The SMILES string of the molecule is C=C(C)CC.C=CC.CCN1c2ccc(OC)cc2[C@@]2(C)CCN(Cc3ccccc3)C12. The third-order valence-electron chi connectivity index (χ3n) is 6.43. The first-order valence-corrected chi connectivity index (χ1v) is 11.8. The van der Waals surface area contributed by atoms with Crippen molar-refractivity contribution < 1.29 is 4.74 Å². The molecular formula is C29H42N2O. The molecule has 1 saturated heterocycles. The third kappa shape index (κ3) is 5.63. The van der Waals surface area contributed by atoms with Gasteiger partial charge in [-0.1, -0.05) is 55.8 Å². The number of likely N-dealkylation sites (N-methyl/N-ethyl adjacent to an activating group) is 1. The highest BCUT2D eigenvalue weighted by atomic mass is 16.5. The summed E-state index contributed by atoms with van der Waals surface area (Å²) in [6.07, 6.45) is 4.49. The van der Waals surface area contributed by atoms with Crippen LogP contribution in [0.4, 0.5) is 5.69 Å². The highest BCUT2D eigenvalue weighted by Gasteiger charge is 2.53. The number of hydrogen-bond donors (Lipinski definition) is 0. The maximum absolute atomic E-state index is 5.49. The third-order valence-corrected chi connectivity index (χ3v) is 6.43. The van der Waals surface area contributed by atoms with E-state index in [0.717, 1.165) is 31.8 Å². The zero-order chi connectivity index (χ0) is 23.7. The van der Waals surface area contributed by atoms with Gasteiger partial charge in [-0.2, -0.15) is 0 Å². The second-order valence-electron chi connectivity index (χ2n) is 8.89. The van der Waals surface area contributed by atoms with Crippen molar-refractivity contribution in [2.45, 2.75) is 65.6 Å².